The van der Waals surface area contributed by atoms with Gasteiger partial charge in [-0.15, -0.1) is 0 Å². The molecule has 3 aliphatic heterocycles. The zero-order valence-electron chi connectivity index (χ0n) is 9.67. The molecule has 4 atom stereocenters. The highest BCUT2D eigenvalue weighted by Crippen LogP contribution is 2.61. The normalized spacial score (nSPS) is 33.8. The zero-order chi connectivity index (χ0) is 11.7. The molecule has 0 saturated carbocycles. The first kappa shape index (κ1) is 9.11. The number of H-pyrrole nitrogens is 1. The second-order valence-corrected chi connectivity index (χ2v) is 5.16. The molecule has 18 heavy (non-hydrogen) atoms. The van der Waals surface area contributed by atoms with Gasteiger partial charge in [0.15, 0.2) is 11.9 Å². The van der Waals surface area contributed by atoms with E-state index in [1.807, 2.05) is 18.3 Å². The fourth-order valence-corrected chi connectivity index (χ4v) is 3.62. The number of fused-ring (bicyclic) bond motifs is 10. The van der Waals surface area contributed by atoms with Crippen molar-refractivity contribution >= 4 is 0 Å². The third-order valence-corrected chi connectivity index (χ3v) is 4.33. The van der Waals surface area contributed by atoms with Crippen LogP contribution < -0.4 is 9.72 Å². The molecule has 1 N–H and O–H groups in total. The van der Waals surface area contributed by atoms with Crippen molar-refractivity contribution in [3.8, 4) is 5.75 Å². The van der Waals surface area contributed by atoms with Crippen molar-refractivity contribution in [1.82, 2.24) is 0 Å². The van der Waals surface area contributed by atoms with Crippen LogP contribution in [-0.2, 0) is 4.74 Å². The lowest BCUT2D eigenvalue weighted by atomic mass is 9.81. The maximum atomic E-state index is 6.12. The highest BCUT2D eigenvalue weighted by Gasteiger charge is 2.60. The molecule has 0 spiro atoms. The van der Waals surface area contributed by atoms with Gasteiger partial charge in [0, 0.05) is 6.07 Å². The molecule has 1 aromatic heterocycles. The molecule has 1 fully saturated rings. The molecule has 1 aromatic carbocycles. The standard InChI is InChI=1S/C15H11NO2/c1-2-5-9-8(4-1)13-11-12-10(6-3-7-16-12)17-15(11)14(9)18-13/h1-7,11,13-15H/p+1/t11-,13-,14+,15-/m1/s1. The fourth-order valence-electron chi connectivity index (χ4n) is 3.62. The molecule has 0 unspecified atom stereocenters. The smallest absolute Gasteiger partial charge is 0.231 e. The Balaban J connectivity index is 1.72. The topological polar surface area (TPSA) is 32.6 Å². The molecular formula is C15H12NO2+. The van der Waals surface area contributed by atoms with Crippen LogP contribution in [-0.4, -0.2) is 6.10 Å². The summed E-state index contributed by atoms with van der Waals surface area (Å²) >= 11 is 0. The molecule has 88 valence electrons. The van der Waals surface area contributed by atoms with Gasteiger partial charge < -0.3 is 9.47 Å². The molecule has 4 heterocycles. The van der Waals surface area contributed by atoms with Crippen molar-refractivity contribution < 1.29 is 14.5 Å². The summed E-state index contributed by atoms with van der Waals surface area (Å²) in [6.07, 6.45) is 2.34. The summed E-state index contributed by atoms with van der Waals surface area (Å²) in [5, 5.41) is 0. The maximum Gasteiger partial charge on any atom is 0.231 e. The Kier molecular flexibility index (Phi) is 1.48. The Hall–Kier alpha value is -1.87. The summed E-state index contributed by atoms with van der Waals surface area (Å²) in [6.45, 7) is 0. The predicted molar refractivity (Wildman–Crippen MR) is 63.2 cm³/mol. The highest BCUT2D eigenvalue weighted by atomic mass is 16.6. The predicted octanol–water partition coefficient (Wildman–Crippen LogP) is 2.17. The monoisotopic (exact) mass is 238 g/mol. The van der Waals surface area contributed by atoms with Crippen LogP contribution >= 0.6 is 0 Å². The molecule has 3 heteroatoms. The van der Waals surface area contributed by atoms with Gasteiger partial charge in [-0.2, -0.15) is 0 Å². The summed E-state index contributed by atoms with van der Waals surface area (Å²) in [5.74, 6) is 1.31. The molecule has 1 saturated heterocycles. The summed E-state index contributed by atoms with van der Waals surface area (Å²) < 4.78 is 12.2. The number of aromatic amines is 1. The molecule has 3 aliphatic rings. The third kappa shape index (κ3) is 0.896. The van der Waals surface area contributed by atoms with Crippen molar-refractivity contribution in [1.29, 1.82) is 0 Å². The van der Waals surface area contributed by atoms with Crippen molar-refractivity contribution in [3.05, 3.63) is 59.4 Å². The number of benzene rings is 1. The van der Waals surface area contributed by atoms with Crippen LogP contribution in [0.3, 0.4) is 0 Å². The van der Waals surface area contributed by atoms with Crippen molar-refractivity contribution in [2.24, 2.45) is 0 Å². The minimum atomic E-state index is 0.0944. The molecule has 3 nitrogen and oxygen atoms in total. The highest BCUT2D eigenvalue weighted by molar-refractivity contribution is 5.47. The van der Waals surface area contributed by atoms with Gasteiger partial charge in [-0.1, -0.05) is 24.3 Å². The first-order chi connectivity index (χ1) is 8.93. The van der Waals surface area contributed by atoms with Crippen LogP contribution in [0.5, 0.6) is 5.75 Å². The van der Waals surface area contributed by atoms with Crippen molar-refractivity contribution in [2.75, 3.05) is 0 Å². The minimum Gasteiger partial charge on any atom is -0.480 e. The van der Waals surface area contributed by atoms with Crippen molar-refractivity contribution in [2.45, 2.75) is 24.2 Å². The molecule has 2 aromatic rings. The van der Waals surface area contributed by atoms with Crippen LogP contribution in [0.25, 0.3) is 0 Å². The fraction of sp³-hybridized carbons (Fsp3) is 0.267. The van der Waals surface area contributed by atoms with E-state index >= 15 is 0 Å². The Morgan fingerprint density at radius 3 is 2.67 bits per heavy atom. The molecule has 0 amide bonds. The number of pyridine rings is 1. The van der Waals surface area contributed by atoms with Gasteiger partial charge >= 0.3 is 0 Å². The van der Waals surface area contributed by atoms with Crippen LogP contribution in [0.4, 0.5) is 0 Å². The Morgan fingerprint density at radius 2 is 1.78 bits per heavy atom. The van der Waals surface area contributed by atoms with E-state index in [0.29, 0.717) is 5.92 Å². The lowest BCUT2D eigenvalue weighted by Crippen LogP contribution is -2.27. The lowest BCUT2D eigenvalue weighted by molar-refractivity contribution is -0.392. The SMILES string of the molecule is c1c[nH+]c2c(c1)O[C@@H]1[C@H]2[C@@H]2O[C@H]1c1ccccc12. The largest absolute Gasteiger partial charge is 0.480 e. The number of hydrogen-bond donors (Lipinski definition) is 0. The number of rotatable bonds is 0. The van der Waals surface area contributed by atoms with Crippen molar-refractivity contribution in [3.63, 3.8) is 0 Å². The summed E-state index contributed by atoms with van der Waals surface area (Å²) in [5.41, 5.74) is 3.82. The maximum absolute atomic E-state index is 6.12. The molecule has 0 aliphatic carbocycles. The summed E-state index contributed by atoms with van der Waals surface area (Å²) in [4.78, 5) is 3.33. The van der Waals surface area contributed by atoms with Crippen LogP contribution in [0.15, 0.2) is 42.6 Å². The van der Waals surface area contributed by atoms with Crippen LogP contribution in [0.1, 0.15) is 34.9 Å². The quantitative estimate of drug-likeness (QED) is 0.704. The molecule has 0 radical (unpaired) electrons. The van der Waals surface area contributed by atoms with Crippen LogP contribution in [0, 0.1) is 0 Å². The van der Waals surface area contributed by atoms with E-state index in [9.17, 15) is 0 Å². The minimum absolute atomic E-state index is 0.0944. The molecule has 2 bridgehead atoms. The molecule has 5 rings (SSSR count). The van der Waals surface area contributed by atoms with Gasteiger partial charge in [-0.3, -0.25) is 0 Å². The second-order valence-electron chi connectivity index (χ2n) is 5.16. The number of hydrogen-bond acceptors (Lipinski definition) is 2. The van der Waals surface area contributed by atoms with E-state index in [4.69, 9.17) is 9.47 Å². The average Bonchev–Trinajstić information content (AvgIpc) is 3.07. The van der Waals surface area contributed by atoms with Crippen LogP contribution in [0.2, 0.25) is 0 Å². The number of aromatic nitrogens is 1. The second kappa shape index (κ2) is 2.93. The van der Waals surface area contributed by atoms with E-state index in [1.54, 1.807) is 0 Å². The van der Waals surface area contributed by atoms with Gasteiger partial charge in [-0.05, 0) is 17.2 Å². The lowest BCUT2D eigenvalue weighted by Gasteiger charge is -2.20. The first-order valence-corrected chi connectivity index (χ1v) is 6.35. The Bertz CT molecular complexity index is 654. The third-order valence-electron chi connectivity index (χ3n) is 4.33. The first-order valence-electron chi connectivity index (χ1n) is 6.35. The van der Waals surface area contributed by atoms with E-state index in [2.05, 4.69) is 29.2 Å². The Labute approximate surface area is 104 Å². The van der Waals surface area contributed by atoms with Gasteiger partial charge in [0.25, 0.3) is 0 Å². The van der Waals surface area contributed by atoms with E-state index < -0.39 is 0 Å². The summed E-state index contributed by atoms with van der Waals surface area (Å²) in [6, 6.07) is 12.5. The van der Waals surface area contributed by atoms with E-state index in [0.717, 1.165) is 5.75 Å². The number of ether oxygens (including phenoxy) is 2. The van der Waals surface area contributed by atoms with Gasteiger partial charge in [-0.25, -0.2) is 4.98 Å². The zero-order valence-corrected chi connectivity index (χ0v) is 9.67. The van der Waals surface area contributed by atoms with E-state index in [1.165, 1.54) is 16.8 Å². The van der Waals surface area contributed by atoms with Gasteiger partial charge in [0.2, 0.25) is 5.69 Å². The van der Waals surface area contributed by atoms with Gasteiger partial charge in [0.05, 0.1) is 0 Å². The van der Waals surface area contributed by atoms with Gasteiger partial charge in [0.1, 0.15) is 24.2 Å². The van der Waals surface area contributed by atoms with E-state index in [-0.39, 0.29) is 18.3 Å². The Morgan fingerprint density at radius 1 is 0.944 bits per heavy atom. The molecular weight excluding hydrogens is 226 g/mol. The number of nitrogens with one attached hydrogen (secondary N) is 1. The average molecular weight is 238 g/mol. The summed E-state index contributed by atoms with van der Waals surface area (Å²) in [7, 11) is 0.